The summed E-state index contributed by atoms with van der Waals surface area (Å²) in [6.07, 6.45) is 3.69. The Labute approximate surface area is 153 Å². The van der Waals surface area contributed by atoms with Crippen LogP contribution >= 0.6 is 0 Å². The number of hydrogen-bond acceptors (Lipinski definition) is 6. The first-order valence-corrected chi connectivity index (χ1v) is 8.86. The summed E-state index contributed by atoms with van der Waals surface area (Å²) >= 11 is 0. The number of carbonyl (C=O) groups is 1. The van der Waals surface area contributed by atoms with E-state index in [1.54, 1.807) is 0 Å². The van der Waals surface area contributed by atoms with Gasteiger partial charge in [0.2, 0.25) is 11.9 Å². The molecule has 0 bridgehead atoms. The van der Waals surface area contributed by atoms with Crippen LogP contribution in [0.15, 0.2) is 6.20 Å². The first-order chi connectivity index (χ1) is 12.0. The lowest BCUT2D eigenvalue weighted by molar-refractivity contribution is -0.121. The van der Waals surface area contributed by atoms with Crippen molar-refractivity contribution in [2.24, 2.45) is 5.41 Å². The zero-order chi connectivity index (χ0) is 19.1. The van der Waals surface area contributed by atoms with Crippen molar-refractivity contribution >= 4 is 11.9 Å². The minimum atomic E-state index is -0.130. The molecule has 2 heterocycles. The van der Waals surface area contributed by atoms with Gasteiger partial charge < -0.3 is 11.1 Å². The molecule has 1 unspecified atom stereocenters. The maximum atomic E-state index is 12.5. The fourth-order valence-electron chi connectivity index (χ4n) is 3.32. The Morgan fingerprint density at radius 3 is 2.73 bits per heavy atom. The summed E-state index contributed by atoms with van der Waals surface area (Å²) in [7, 11) is 0. The van der Waals surface area contributed by atoms with E-state index < -0.39 is 0 Å². The van der Waals surface area contributed by atoms with E-state index in [9.17, 15) is 4.79 Å². The highest BCUT2D eigenvalue weighted by atomic mass is 16.1. The number of rotatable bonds is 3. The van der Waals surface area contributed by atoms with Crippen LogP contribution in [0.2, 0.25) is 0 Å². The molecule has 1 aliphatic carbocycles. The van der Waals surface area contributed by atoms with Crippen LogP contribution in [0.4, 0.5) is 5.95 Å². The number of fused-ring (bicyclic) bond motifs is 1. The Hall–Kier alpha value is -2.51. The number of H-pyrrole nitrogens is 1. The topological polar surface area (TPSA) is 122 Å². The SMILES string of the molecule is CC1(C)Cc2nc(C(C)(C)C)ncc2C(NC(=O)Cc2nc(N)n[nH]2)C1. The molecule has 0 radical (unpaired) electrons. The van der Waals surface area contributed by atoms with Crippen LogP contribution in [0.1, 0.15) is 70.0 Å². The Morgan fingerprint density at radius 1 is 1.38 bits per heavy atom. The van der Waals surface area contributed by atoms with Gasteiger partial charge in [0, 0.05) is 22.9 Å². The predicted molar refractivity (Wildman–Crippen MR) is 98.2 cm³/mol. The normalized spacial score (nSPS) is 19.0. The number of aromatic nitrogens is 5. The van der Waals surface area contributed by atoms with E-state index in [4.69, 9.17) is 10.7 Å². The van der Waals surface area contributed by atoms with E-state index in [2.05, 4.69) is 60.1 Å². The lowest BCUT2D eigenvalue weighted by atomic mass is 9.74. The Kier molecular flexibility index (Phi) is 4.46. The maximum Gasteiger partial charge on any atom is 0.239 e. The molecule has 8 nitrogen and oxygen atoms in total. The molecule has 3 rings (SSSR count). The van der Waals surface area contributed by atoms with E-state index in [-0.39, 0.29) is 35.1 Å². The van der Waals surface area contributed by atoms with Crippen molar-refractivity contribution in [3.8, 4) is 0 Å². The van der Waals surface area contributed by atoms with E-state index in [1.807, 2.05) is 6.20 Å². The van der Waals surface area contributed by atoms with Crippen LogP contribution < -0.4 is 11.1 Å². The number of nitrogens with zero attached hydrogens (tertiary/aromatic N) is 4. The van der Waals surface area contributed by atoms with Gasteiger partial charge in [-0.3, -0.25) is 9.89 Å². The molecule has 2 aromatic heterocycles. The van der Waals surface area contributed by atoms with E-state index >= 15 is 0 Å². The highest BCUT2D eigenvalue weighted by molar-refractivity contribution is 5.78. The number of nitrogens with one attached hydrogen (secondary N) is 2. The van der Waals surface area contributed by atoms with E-state index in [0.717, 1.165) is 29.9 Å². The summed E-state index contributed by atoms with van der Waals surface area (Å²) in [6.45, 7) is 10.7. The molecule has 140 valence electrons. The molecule has 1 atom stereocenters. The van der Waals surface area contributed by atoms with Crippen LogP contribution in [-0.2, 0) is 23.1 Å². The van der Waals surface area contributed by atoms with Crippen molar-refractivity contribution in [3.63, 3.8) is 0 Å². The molecular weight excluding hydrogens is 330 g/mol. The van der Waals surface area contributed by atoms with Crippen molar-refractivity contribution in [1.82, 2.24) is 30.5 Å². The van der Waals surface area contributed by atoms with Crippen molar-refractivity contribution in [1.29, 1.82) is 0 Å². The quantitative estimate of drug-likeness (QED) is 0.770. The minimum Gasteiger partial charge on any atom is -0.367 e. The van der Waals surface area contributed by atoms with Crippen molar-refractivity contribution in [2.45, 2.75) is 65.3 Å². The maximum absolute atomic E-state index is 12.5. The van der Waals surface area contributed by atoms with Crippen molar-refractivity contribution in [2.75, 3.05) is 5.73 Å². The molecule has 4 N–H and O–H groups in total. The monoisotopic (exact) mass is 357 g/mol. The molecular formula is C18H27N7O. The summed E-state index contributed by atoms with van der Waals surface area (Å²) in [5, 5.41) is 9.51. The average molecular weight is 357 g/mol. The van der Waals surface area contributed by atoms with Crippen molar-refractivity contribution < 1.29 is 4.79 Å². The highest BCUT2D eigenvalue weighted by Crippen LogP contribution is 2.40. The Morgan fingerprint density at radius 2 is 2.12 bits per heavy atom. The van der Waals surface area contributed by atoms with Crippen LogP contribution in [0.5, 0.6) is 0 Å². The third-order valence-electron chi connectivity index (χ3n) is 4.56. The molecule has 0 fully saturated rings. The second-order valence-corrected chi connectivity index (χ2v) is 8.83. The lowest BCUT2D eigenvalue weighted by Gasteiger charge is -2.37. The van der Waals surface area contributed by atoms with Gasteiger partial charge in [-0.05, 0) is 18.3 Å². The van der Waals surface area contributed by atoms with Crippen LogP contribution in [-0.4, -0.2) is 31.1 Å². The third kappa shape index (κ3) is 4.00. The zero-order valence-electron chi connectivity index (χ0n) is 16.1. The highest BCUT2D eigenvalue weighted by Gasteiger charge is 2.35. The summed E-state index contributed by atoms with van der Waals surface area (Å²) in [4.78, 5) is 25.8. The lowest BCUT2D eigenvalue weighted by Crippen LogP contribution is -2.38. The number of amides is 1. The van der Waals surface area contributed by atoms with Gasteiger partial charge in [0.15, 0.2) is 0 Å². The van der Waals surface area contributed by atoms with Gasteiger partial charge in [0.1, 0.15) is 11.6 Å². The molecule has 8 heteroatoms. The Bertz CT molecular complexity index is 819. The molecule has 0 spiro atoms. The first kappa shape index (κ1) is 18.3. The largest absolute Gasteiger partial charge is 0.367 e. The van der Waals surface area contributed by atoms with E-state index in [0.29, 0.717) is 5.82 Å². The zero-order valence-corrected chi connectivity index (χ0v) is 16.1. The van der Waals surface area contributed by atoms with Gasteiger partial charge in [-0.1, -0.05) is 34.6 Å². The second kappa shape index (κ2) is 6.34. The van der Waals surface area contributed by atoms with E-state index in [1.165, 1.54) is 0 Å². The molecule has 26 heavy (non-hydrogen) atoms. The molecule has 0 saturated carbocycles. The molecule has 0 saturated heterocycles. The minimum absolute atomic E-state index is 0.0467. The van der Waals surface area contributed by atoms with Gasteiger partial charge in [-0.15, -0.1) is 5.10 Å². The number of aromatic amines is 1. The number of carbonyl (C=O) groups excluding carboxylic acids is 1. The van der Waals surface area contributed by atoms with Gasteiger partial charge >= 0.3 is 0 Å². The first-order valence-electron chi connectivity index (χ1n) is 8.86. The summed E-state index contributed by atoms with van der Waals surface area (Å²) in [5.74, 6) is 1.29. The van der Waals surface area contributed by atoms with Crippen LogP contribution in [0.25, 0.3) is 0 Å². The molecule has 2 aromatic rings. The fraction of sp³-hybridized carbons (Fsp3) is 0.611. The number of nitrogen functional groups attached to an aromatic ring is 1. The number of hydrogen-bond donors (Lipinski definition) is 3. The molecule has 0 aliphatic heterocycles. The van der Waals surface area contributed by atoms with Gasteiger partial charge in [-0.25, -0.2) is 9.97 Å². The van der Waals surface area contributed by atoms with Crippen LogP contribution in [0, 0.1) is 5.41 Å². The smallest absolute Gasteiger partial charge is 0.239 e. The second-order valence-electron chi connectivity index (χ2n) is 8.83. The molecule has 1 aliphatic rings. The van der Waals surface area contributed by atoms with Gasteiger partial charge in [-0.2, -0.15) is 4.98 Å². The van der Waals surface area contributed by atoms with Crippen LogP contribution in [0.3, 0.4) is 0 Å². The summed E-state index contributed by atoms with van der Waals surface area (Å²) in [6, 6.07) is -0.115. The average Bonchev–Trinajstić information content (AvgIpc) is 2.89. The summed E-state index contributed by atoms with van der Waals surface area (Å²) < 4.78 is 0. The fourth-order valence-corrected chi connectivity index (χ4v) is 3.32. The number of anilines is 1. The number of nitrogens with two attached hydrogens (primary N) is 1. The standard InChI is InChI=1S/C18H27N7O/c1-17(2,3)15-20-9-10-11(7-18(4,5)8-12(10)22-15)21-14(26)6-13-23-16(19)25-24-13/h9,11H,6-8H2,1-5H3,(H,21,26)(H3,19,23,24,25). The molecule has 0 aromatic carbocycles. The predicted octanol–water partition coefficient (Wildman–Crippen LogP) is 1.85. The van der Waals surface area contributed by atoms with Crippen molar-refractivity contribution in [3.05, 3.63) is 29.1 Å². The Balaban J connectivity index is 1.83. The summed E-state index contributed by atoms with van der Waals surface area (Å²) in [5.41, 5.74) is 7.45. The van der Waals surface area contributed by atoms with Gasteiger partial charge in [0.05, 0.1) is 12.5 Å². The van der Waals surface area contributed by atoms with Gasteiger partial charge in [0.25, 0.3) is 0 Å². The third-order valence-corrected chi connectivity index (χ3v) is 4.56. The molecule has 1 amide bonds.